The van der Waals surface area contributed by atoms with E-state index in [4.69, 9.17) is 24.7 Å². The van der Waals surface area contributed by atoms with E-state index in [1.165, 1.54) is 28.4 Å². The molecule has 55 heavy (non-hydrogen) atoms. The Balaban J connectivity index is 1.03. The van der Waals surface area contributed by atoms with Crippen molar-refractivity contribution in [2.75, 3.05) is 36.5 Å². The van der Waals surface area contributed by atoms with Crippen molar-refractivity contribution in [1.82, 2.24) is 34.6 Å². The number of piperidine rings is 1. The van der Waals surface area contributed by atoms with Gasteiger partial charge in [0.05, 0.1) is 18.3 Å². The maximum Gasteiger partial charge on any atom is 0.411 e. The number of fused-ring (bicyclic) bond motifs is 1. The van der Waals surface area contributed by atoms with Gasteiger partial charge in [0.1, 0.15) is 45.6 Å². The van der Waals surface area contributed by atoms with Gasteiger partial charge in [-0.25, -0.2) is 29.1 Å². The van der Waals surface area contributed by atoms with Gasteiger partial charge in [-0.15, -0.1) is 0 Å². The smallest absolute Gasteiger partial charge is 0.411 e. The van der Waals surface area contributed by atoms with Gasteiger partial charge in [-0.1, -0.05) is 18.3 Å². The molecule has 4 aromatic heterocycles. The van der Waals surface area contributed by atoms with Crippen LogP contribution in [-0.4, -0.2) is 96.8 Å². The lowest BCUT2D eigenvalue weighted by atomic mass is 10.0. The molecule has 2 amide bonds. The number of thiazole rings is 1. The summed E-state index contributed by atoms with van der Waals surface area (Å²) in [6.45, 7) is 8.67. The Bertz CT molecular complexity index is 2240. The third-order valence-corrected chi connectivity index (χ3v) is 10.8. The Hall–Kier alpha value is -5.66. The molecule has 0 bridgehead atoms. The fourth-order valence-corrected chi connectivity index (χ4v) is 7.85. The van der Waals surface area contributed by atoms with E-state index in [1.807, 2.05) is 41.6 Å². The number of β-amino-alcohol motifs (C(OH)–C–C–N with tert-alkyl or cyclic N) is 1. The van der Waals surface area contributed by atoms with Crippen LogP contribution in [0.1, 0.15) is 57.5 Å². The average Bonchev–Trinajstić information content (AvgIpc) is 3.89. The number of imidazole rings is 1. The minimum Gasteiger partial charge on any atom is -0.444 e. The van der Waals surface area contributed by atoms with Crippen molar-refractivity contribution in [1.29, 1.82) is 5.26 Å². The molecule has 2 aliphatic heterocycles. The van der Waals surface area contributed by atoms with Crippen LogP contribution in [0.4, 0.5) is 26.1 Å². The molecule has 2 N–H and O–H groups in total. The molecule has 0 unspecified atom stereocenters. The highest BCUT2D eigenvalue weighted by Gasteiger charge is 2.41. The molecule has 2 atom stereocenters. The molecular formula is C39H43FN10O4S. The van der Waals surface area contributed by atoms with Gasteiger partial charge in [-0.05, 0) is 76.4 Å². The standard InChI is InChI=1S/C39H43FN10O4S/c1-6-29-35(47(5)37-46-33(31(18-41)55-37)23-7-10-26(40)11-8-23)50-21-24(9-12-32(50)45-29)25-19-42-36(43-20-25)48-15-13-27(14-16-48)44-34(52)30-17-28(51)22-49(30)38(53)54-39(2,3)4/h7-12,19-21,27-28,30,51H,6,13-17,22H2,1-5H3,(H,44,52)/t28-,30-/m1/s1. The van der Waals surface area contributed by atoms with Gasteiger partial charge in [0.15, 0.2) is 5.13 Å². The predicted molar refractivity (Wildman–Crippen MR) is 207 cm³/mol. The van der Waals surface area contributed by atoms with E-state index in [2.05, 4.69) is 16.3 Å². The summed E-state index contributed by atoms with van der Waals surface area (Å²) in [6, 6.07) is 11.3. The van der Waals surface area contributed by atoms with Crippen LogP contribution in [0.5, 0.6) is 0 Å². The van der Waals surface area contributed by atoms with Crippen molar-refractivity contribution in [2.45, 2.75) is 77.2 Å². The second-order valence-electron chi connectivity index (χ2n) is 14.8. The van der Waals surface area contributed by atoms with Crippen LogP contribution in [0.2, 0.25) is 0 Å². The summed E-state index contributed by atoms with van der Waals surface area (Å²) in [7, 11) is 1.90. The van der Waals surface area contributed by atoms with E-state index in [9.17, 15) is 24.3 Å². The molecule has 0 aliphatic carbocycles. The molecule has 286 valence electrons. The zero-order chi connectivity index (χ0) is 39.0. The molecule has 2 fully saturated rings. The normalized spacial score (nSPS) is 17.7. The quantitative estimate of drug-likeness (QED) is 0.199. The fraction of sp³-hybridized carbons (Fsp3) is 0.410. The minimum absolute atomic E-state index is 0.0600. The first-order valence-electron chi connectivity index (χ1n) is 18.3. The number of aromatic nitrogens is 5. The molecule has 0 radical (unpaired) electrons. The maximum absolute atomic E-state index is 13.6. The maximum atomic E-state index is 13.6. The molecule has 7 rings (SSSR count). The summed E-state index contributed by atoms with van der Waals surface area (Å²) >= 11 is 1.27. The molecular weight excluding hydrogens is 724 g/mol. The van der Waals surface area contributed by atoms with Crippen LogP contribution < -0.4 is 15.1 Å². The number of halogens is 1. The topological polar surface area (TPSA) is 165 Å². The summed E-state index contributed by atoms with van der Waals surface area (Å²) in [5.74, 6) is 0.766. The molecule has 5 aromatic rings. The van der Waals surface area contributed by atoms with Crippen LogP contribution in [0.15, 0.2) is 55.0 Å². The molecule has 1 aromatic carbocycles. The third-order valence-electron chi connectivity index (χ3n) is 9.74. The lowest BCUT2D eigenvalue weighted by Gasteiger charge is -2.34. The second-order valence-corrected chi connectivity index (χ2v) is 15.8. The number of hydrogen-bond acceptors (Lipinski definition) is 12. The first-order valence-corrected chi connectivity index (χ1v) is 19.1. The minimum atomic E-state index is -0.783. The van der Waals surface area contributed by atoms with E-state index < -0.39 is 23.8 Å². The SMILES string of the molecule is CCc1nc2ccc(-c3cnc(N4CCC(NC(=O)[C@H]5C[C@@H](O)CN5C(=O)OC(C)(C)C)CC4)nc3)cn2c1N(C)c1nc(-c2ccc(F)cc2)c(C#N)s1. The van der Waals surface area contributed by atoms with Crippen LogP contribution in [0.25, 0.3) is 28.0 Å². The third kappa shape index (κ3) is 7.94. The van der Waals surface area contributed by atoms with Crippen molar-refractivity contribution < 1.29 is 23.8 Å². The van der Waals surface area contributed by atoms with Gasteiger partial charge in [0, 0.05) is 67.9 Å². The van der Waals surface area contributed by atoms with Crippen LogP contribution >= 0.6 is 11.3 Å². The Labute approximate surface area is 322 Å². The lowest BCUT2D eigenvalue weighted by molar-refractivity contribution is -0.126. The van der Waals surface area contributed by atoms with Crippen molar-refractivity contribution in [3.05, 3.63) is 71.4 Å². The number of aliphatic hydroxyl groups excluding tert-OH is 1. The number of likely N-dealkylation sites (tertiary alicyclic amines) is 1. The molecule has 16 heteroatoms. The van der Waals surface area contributed by atoms with Gasteiger partial charge in [-0.3, -0.25) is 14.1 Å². The zero-order valence-electron chi connectivity index (χ0n) is 31.4. The van der Waals surface area contributed by atoms with Gasteiger partial charge >= 0.3 is 6.09 Å². The van der Waals surface area contributed by atoms with Crippen molar-refractivity contribution in [3.63, 3.8) is 0 Å². The lowest BCUT2D eigenvalue weighted by Crippen LogP contribution is -2.52. The molecule has 2 saturated heterocycles. The Morgan fingerprint density at radius 3 is 2.42 bits per heavy atom. The molecule has 0 saturated carbocycles. The Kier molecular flexibility index (Phi) is 10.4. The van der Waals surface area contributed by atoms with Crippen LogP contribution in [0.3, 0.4) is 0 Å². The summed E-state index contributed by atoms with van der Waals surface area (Å²) in [6.07, 6.45) is 6.39. The zero-order valence-corrected chi connectivity index (χ0v) is 32.2. The highest BCUT2D eigenvalue weighted by molar-refractivity contribution is 7.16. The predicted octanol–water partition coefficient (Wildman–Crippen LogP) is 5.71. The van der Waals surface area contributed by atoms with Crippen molar-refractivity contribution in [2.24, 2.45) is 0 Å². The number of pyridine rings is 1. The number of hydrogen-bond donors (Lipinski definition) is 2. The van der Waals surface area contributed by atoms with E-state index >= 15 is 0 Å². The molecule has 14 nitrogen and oxygen atoms in total. The number of rotatable bonds is 8. The monoisotopic (exact) mass is 766 g/mol. The fourth-order valence-electron chi connectivity index (χ4n) is 7.01. The van der Waals surface area contributed by atoms with Crippen molar-refractivity contribution >= 4 is 45.9 Å². The number of benzene rings is 1. The first kappa shape index (κ1) is 37.6. The van der Waals surface area contributed by atoms with Crippen LogP contribution in [0, 0.1) is 17.1 Å². The average molecular weight is 767 g/mol. The number of ether oxygens (including phenoxy) is 1. The first-order chi connectivity index (χ1) is 26.3. The van der Waals surface area contributed by atoms with E-state index in [0.29, 0.717) is 59.6 Å². The highest BCUT2D eigenvalue weighted by atomic mass is 32.1. The molecule has 6 heterocycles. The number of carbonyl (C=O) groups is 2. The summed E-state index contributed by atoms with van der Waals surface area (Å²) in [5.41, 5.74) is 3.79. The van der Waals surface area contributed by atoms with Crippen molar-refractivity contribution in [3.8, 4) is 28.5 Å². The number of nitrogens with one attached hydrogen (secondary N) is 1. The van der Waals surface area contributed by atoms with E-state index in [0.717, 1.165) is 28.3 Å². The highest BCUT2D eigenvalue weighted by Crippen LogP contribution is 2.37. The number of nitrogens with zero attached hydrogens (tertiary/aromatic N) is 9. The summed E-state index contributed by atoms with van der Waals surface area (Å²) in [4.78, 5) is 50.8. The van der Waals surface area contributed by atoms with Gasteiger partial charge in [-0.2, -0.15) is 5.26 Å². The van der Waals surface area contributed by atoms with Gasteiger partial charge in [0.25, 0.3) is 0 Å². The molecule has 0 spiro atoms. The number of nitriles is 1. The number of aryl methyl sites for hydroxylation is 1. The summed E-state index contributed by atoms with van der Waals surface area (Å²) in [5, 5.41) is 23.8. The number of amides is 2. The van der Waals surface area contributed by atoms with Gasteiger partial charge < -0.3 is 25.0 Å². The number of anilines is 3. The molecule has 2 aliphatic rings. The largest absolute Gasteiger partial charge is 0.444 e. The number of carbonyl (C=O) groups excluding carboxylic acids is 2. The van der Waals surface area contributed by atoms with Crippen LogP contribution in [-0.2, 0) is 16.0 Å². The summed E-state index contributed by atoms with van der Waals surface area (Å²) < 4.78 is 21.1. The Morgan fingerprint density at radius 1 is 1.07 bits per heavy atom. The van der Waals surface area contributed by atoms with Gasteiger partial charge in [0.2, 0.25) is 11.9 Å². The van der Waals surface area contributed by atoms with E-state index in [-0.39, 0.29) is 30.7 Å². The second kappa shape index (κ2) is 15.2. The van der Waals surface area contributed by atoms with E-state index in [1.54, 1.807) is 45.3 Å². The number of aliphatic hydroxyl groups is 1. The Morgan fingerprint density at radius 2 is 1.76 bits per heavy atom.